The zero-order valence-corrected chi connectivity index (χ0v) is 13.7. The van der Waals surface area contributed by atoms with E-state index in [1.807, 2.05) is 20.0 Å². The number of aromatic nitrogens is 4. The van der Waals surface area contributed by atoms with E-state index in [0.29, 0.717) is 11.2 Å². The third-order valence-electron chi connectivity index (χ3n) is 4.21. The Morgan fingerprint density at radius 3 is 2.64 bits per heavy atom. The van der Waals surface area contributed by atoms with E-state index in [4.69, 9.17) is 11.6 Å². The Morgan fingerprint density at radius 2 is 1.95 bits per heavy atom. The van der Waals surface area contributed by atoms with Gasteiger partial charge in [0, 0.05) is 38.1 Å². The first kappa shape index (κ1) is 15.0. The SMILES string of the molecule is Cc1c(Cl)nnc(N2CCN(c3cnccn3)[C@H](C)C2)c1C. The molecule has 0 saturated carbocycles. The van der Waals surface area contributed by atoms with Gasteiger partial charge >= 0.3 is 0 Å². The van der Waals surface area contributed by atoms with Crippen molar-refractivity contribution < 1.29 is 0 Å². The van der Waals surface area contributed by atoms with E-state index < -0.39 is 0 Å². The topological polar surface area (TPSA) is 58.0 Å². The summed E-state index contributed by atoms with van der Waals surface area (Å²) < 4.78 is 0. The molecule has 0 radical (unpaired) electrons. The molecule has 3 rings (SSSR count). The lowest BCUT2D eigenvalue weighted by Gasteiger charge is -2.41. The van der Waals surface area contributed by atoms with Gasteiger partial charge in [-0.15, -0.1) is 10.2 Å². The van der Waals surface area contributed by atoms with Gasteiger partial charge < -0.3 is 9.80 Å². The molecule has 7 heteroatoms. The van der Waals surface area contributed by atoms with Gasteiger partial charge in [-0.2, -0.15) is 0 Å². The maximum Gasteiger partial charge on any atom is 0.155 e. The van der Waals surface area contributed by atoms with Gasteiger partial charge in [-0.3, -0.25) is 4.98 Å². The van der Waals surface area contributed by atoms with E-state index in [1.165, 1.54) is 0 Å². The first-order chi connectivity index (χ1) is 10.6. The summed E-state index contributed by atoms with van der Waals surface area (Å²) in [5, 5.41) is 8.83. The first-order valence-corrected chi connectivity index (χ1v) is 7.72. The number of hydrogen-bond donors (Lipinski definition) is 0. The lowest BCUT2D eigenvalue weighted by atomic mass is 10.1. The van der Waals surface area contributed by atoms with Crippen molar-refractivity contribution in [2.75, 3.05) is 29.4 Å². The number of hydrogen-bond acceptors (Lipinski definition) is 6. The van der Waals surface area contributed by atoms with Gasteiger partial charge in [0.15, 0.2) is 11.0 Å². The predicted octanol–water partition coefficient (Wildman–Crippen LogP) is 2.25. The Labute approximate surface area is 135 Å². The molecule has 2 aromatic rings. The van der Waals surface area contributed by atoms with Gasteiger partial charge in [-0.25, -0.2) is 4.98 Å². The van der Waals surface area contributed by atoms with Gasteiger partial charge in [0.05, 0.1) is 6.20 Å². The molecule has 0 amide bonds. The van der Waals surface area contributed by atoms with Crippen LogP contribution in [-0.2, 0) is 0 Å². The second kappa shape index (κ2) is 6.04. The van der Waals surface area contributed by atoms with Crippen molar-refractivity contribution in [3.8, 4) is 0 Å². The van der Waals surface area contributed by atoms with Crippen LogP contribution in [0, 0.1) is 13.8 Å². The van der Waals surface area contributed by atoms with Crippen molar-refractivity contribution >= 4 is 23.2 Å². The maximum absolute atomic E-state index is 6.04. The molecular weight excluding hydrogens is 300 g/mol. The number of piperazine rings is 1. The largest absolute Gasteiger partial charge is 0.351 e. The summed E-state index contributed by atoms with van der Waals surface area (Å²) >= 11 is 6.04. The minimum Gasteiger partial charge on any atom is -0.351 e. The van der Waals surface area contributed by atoms with E-state index in [2.05, 4.69) is 36.9 Å². The Morgan fingerprint density at radius 1 is 1.14 bits per heavy atom. The first-order valence-electron chi connectivity index (χ1n) is 7.35. The van der Waals surface area contributed by atoms with Crippen LogP contribution in [0.5, 0.6) is 0 Å². The Hall–Kier alpha value is -1.95. The molecule has 2 aromatic heterocycles. The minimum atomic E-state index is 0.322. The fraction of sp³-hybridized carbons (Fsp3) is 0.467. The summed E-state index contributed by atoms with van der Waals surface area (Å²) in [5.74, 6) is 1.84. The standard InChI is InChI=1S/C15H19ClN6/c1-10-9-21(15-12(3)11(2)14(16)19-20-15)6-7-22(10)13-8-17-4-5-18-13/h4-5,8,10H,6-7,9H2,1-3H3/t10-/m1/s1. The molecule has 0 aromatic carbocycles. The third kappa shape index (κ3) is 2.70. The van der Waals surface area contributed by atoms with Crippen LogP contribution in [0.1, 0.15) is 18.1 Å². The molecular formula is C15H19ClN6. The summed E-state index contributed by atoms with van der Waals surface area (Å²) in [6.07, 6.45) is 5.23. The van der Waals surface area contributed by atoms with Crippen LogP contribution in [0.25, 0.3) is 0 Å². The van der Waals surface area contributed by atoms with Crippen molar-refractivity contribution in [2.24, 2.45) is 0 Å². The number of halogens is 1. The zero-order chi connectivity index (χ0) is 15.7. The predicted molar refractivity (Wildman–Crippen MR) is 87.6 cm³/mol. The monoisotopic (exact) mass is 318 g/mol. The van der Waals surface area contributed by atoms with Crippen LogP contribution in [0.4, 0.5) is 11.6 Å². The quantitative estimate of drug-likeness (QED) is 0.846. The maximum atomic E-state index is 6.04. The van der Waals surface area contributed by atoms with Gasteiger partial charge in [-0.05, 0) is 31.9 Å². The highest BCUT2D eigenvalue weighted by molar-refractivity contribution is 6.30. The molecule has 1 aliphatic heterocycles. The summed E-state index contributed by atoms with van der Waals surface area (Å²) in [6, 6.07) is 0.322. The smallest absolute Gasteiger partial charge is 0.155 e. The van der Waals surface area contributed by atoms with Crippen LogP contribution in [-0.4, -0.2) is 45.8 Å². The van der Waals surface area contributed by atoms with Crippen molar-refractivity contribution in [3.63, 3.8) is 0 Å². The van der Waals surface area contributed by atoms with Gasteiger partial charge in [-0.1, -0.05) is 11.6 Å². The van der Waals surface area contributed by atoms with E-state index >= 15 is 0 Å². The average Bonchev–Trinajstić information content (AvgIpc) is 2.53. The van der Waals surface area contributed by atoms with E-state index in [1.54, 1.807) is 12.4 Å². The molecule has 1 aliphatic rings. The van der Waals surface area contributed by atoms with E-state index in [-0.39, 0.29) is 0 Å². The van der Waals surface area contributed by atoms with Crippen LogP contribution in [0.2, 0.25) is 5.15 Å². The Balaban J connectivity index is 1.80. The highest BCUT2D eigenvalue weighted by Crippen LogP contribution is 2.26. The van der Waals surface area contributed by atoms with E-state index in [0.717, 1.165) is 42.4 Å². The summed E-state index contributed by atoms with van der Waals surface area (Å²) in [6.45, 7) is 8.83. The molecule has 0 spiro atoms. The molecule has 0 N–H and O–H groups in total. The summed E-state index contributed by atoms with van der Waals surface area (Å²) in [4.78, 5) is 13.1. The molecule has 0 aliphatic carbocycles. The van der Waals surface area contributed by atoms with E-state index in [9.17, 15) is 0 Å². The van der Waals surface area contributed by atoms with Crippen LogP contribution in [0.3, 0.4) is 0 Å². The van der Waals surface area contributed by atoms with Crippen LogP contribution >= 0.6 is 11.6 Å². The molecule has 3 heterocycles. The Kier molecular flexibility index (Phi) is 4.11. The fourth-order valence-electron chi connectivity index (χ4n) is 2.79. The van der Waals surface area contributed by atoms with Gasteiger partial charge in [0.2, 0.25) is 0 Å². The zero-order valence-electron chi connectivity index (χ0n) is 13.0. The van der Waals surface area contributed by atoms with Crippen molar-refractivity contribution in [1.82, 2.24) is 20.2 Å². The molecule has 0 bridgehead atoms. The molecule has 6 nitrogen and oxygen atoms in total. The number of nitrogens with zero attached hydrogens (tertiary/aromatic N) is 6. The van der Waals surface area contributed by atoms with Gasteiger partial charge in [0.1, 0.15) is 5.82 Å². The molecule has 1 saturated heterocycles. The minimum absolute atomic E-state index is 0.322. The van der Waals surface area contributed by atoms with Crippen molar-refractivity contribution in [3.05, 3.63) is 34.9 Å². The molecule has 116 valence electrons. The molecule has 1 fully saturated rings. The van der Waals surface area contributed by atoms with Crippen molar-refractivity contribution in [1.29, 1.82) is 0 Å². The lowest BCUT2D eigenvalue weighted by Crippen LogP contribution is -2.53. The summed E-state index contributed by atoms with van der Waals surface area (Å²) in [5.41, 5.74) is 2.09. The molecule has 22 heavy (non-hydrogen) atoms. The fourth-order valence-corrected chi connectivity index (χ4v) is 2.97. The molecule has 1 atom stereocenters. The second-order valence-corrected chi connectivity index (χ2v) is 5.97. The highest BCUT2D eigenvalue weighted by Gasteiger charge is 2.27. The van der Waals surface area contributed by atoms with Crippen molar-refractivity contribution in [2.45, 2.75) is 26.8 Å². The second-order valence-electron chi connectivity index (χ2n) is 5.62. The van der Waals surface area contributed by atoms with Crippen LogP contribution < -0.4 is 9.80 Å². The Bertz CT molecular complexity index is 663. The molecule has 0 unspecified atom stereocenters. The average molecular weight is 319 g/mol. The number of anilines is 2. The van der Waals surface area contributed by atoms with Crippen LogP contribution in [0.15, 0.2) is 18.6 Å². The van der Waals surface area contributed by atoms with Gasteiger partial charge in [0.25, 0.3) is 0 Å². The third-order valence-corrected chi connectivity index (χ3v) is 4.57. The number of rotatable bonds is 2. The normalized spacial score (nSPS) is 18.6. The lowest BCUT2D eigenvalue weighted by molar-refractivity contribution is 0.539. The summed E-state index contributed by atoms with van der Waals surface area (Å²) in [7, 11) is 0. The highest BCUT2D eigenvalue weighted by atomic mass is 35.5.